The van der Waals surface area contributed by atoms with E-state index in [9.17, 15) is 9.59 Å². The van der Waals surface area contributed by atoms with Crippen molar-refractivity contribution >= 4 is 39.7 Å². The van der Waals surface area contributed by atoms with Gasteiger partial charge >= 0.3 is 0 Å². The predicted octanol–water partition coefficient (Wildman–Crippen LogP) is 4.37. The van der Waals surface area contributed by atoms with Crippen LogP contribution in [0.1, 0.15) is 25.8 Å². The normalized spacial score (nSPS) is 11.4. The van der Waals surface area contributed by atoms with E-state index in [0.717, 1.165) is 16.7 Å². The van der Waals surface area contributed by atoms with Crippen LogP contribution < -0.4 is 15.6 Å². The minimum absolute atomic E-state index is 0.116. The SMILES string of the molecule is COc1cccc(CNC(=O)CSc2nc3c(oc4ccccc43)c(=O)n2CCCOC(C)C)c1. The van der Waals surface area contributed by atoms with Gasteiger partial charge in [-0.05, 0) is 50.1 Å². The zero-order valence-corrected chi connectivity index (χ0v) is 20.9. The van der Waals surface area contributed by atoms with Crippen molar-refractivity contribution in [3.8, 4) is 5.75 Å². The molecule has 4 rings (SSSR count). The first-order valence-corrected chi connectivity index (χ1v) is 12.5. The van der Waals surface area contributed by atoms with E-state index in [0.29, 0.717) is 42.4 Å². The average molecular weight is 496 g/mol. The summed E-state index contributed by atoms with van der Waals surface area (Å²) >= 11 is 1.24. The van der Waals surface area contributed by atoms with Crippen molar-refractivity contribution in [2.45, 2.75) is 44.6 Å². The molecule has 8 nitrogen and oxygen atoms in total. The monoisotopic (exact) mass is 495 g/mol. The average Bonchev–Trinajstić information content (AvgIpc) is 3.24. The number of carbonyl (C=O) groups is 1. The number of carbonyl (C=O) groups excluding carboxylic acids is 1. The minimum Gasteiger partial charge on any atom is -0.497 e. The maximum absolute atomic E-state index is 13.3. The summed E-state index contributed by atoms with van der Waals surface area (Å²) in [6.07, 6.45) is 0.756. The van der Waals surface area contributed by atoms with Crippen molar-refractivity contribution in [2.24, 2.45) is 0 Å². The Morgan fingerprint density at radius 3 is 2.83 bits per heavy atom. The van der Waals surface area contributed by atoms with Gasteiger partial charge in [0.1, 0.15) is 16.8 Å². The van der Waals surface area contributed by atoms with E-state index in [4.69, 9.17) is 18.9 Å². The van der Waals surface area contributed by atoms with E-state index in [1.165, 1.54) is 11.8 Å². The molecule has 9 heteroatoms. The number of nitrogens with one attached hydrogen (secondary N) is 1. The fourth-order valence-corrected chi connectivity index (χ4v) is 4.51. The maximum atomic E-state index is 13.3. The number of hydrogen-bond donors (Lipinski definition) is 1. The Morgan fingerprint density at radius 2 is 2.03 bits per heavy atom. The Balaban J connectivity index is 1.53. The summed E-state index contributed by atoms with van der Waals surface area (Å²) in [5.41, 5.74) is 2.03. The van der Waals surface area contributed by atoms with E-state index in [2.05, 4.69) is 5.32 Å². The number of nitrogens with zero attached hydrogens (tertiary/aromatic N) is 2. The van der Waals surface area contributed by atoms with Crippen LogP contribution >= 0.6 is 11.8 Å². The summed E-state index contributed by atoms with van der Waals surface area (Å²) in [6.45, 7) is 5.26. The van der Waals surface area contributed by atoms with Gasteiger partial charge in [-0.3, -0.25) is 14.2 Å². The van der Waals surface area contributed by atoms with E-state index in [1.807, 2.05) is 62.4 Å². The highest BCUT2D eigenvalue weighted by Gasteiger charge is 2.18. The first kappa shape index (κ1) is 24.8. The lowest BCUT2D eigenvalue weighted by Gasteiger charge is -2.13. The van der Waals surface area contributed by atoms with E-state index >= 15 is 0 Å². The number of para-hydroxylation sites is 1. The number of aromatic nitrogens is 2. The third-order valence-corrected chi connectivity index (χ3v) is 6.36. The molecule has 1 N–H and O–H groups in total. The first-order valence-electron chi connectivity index (χ1n) is 11.5. The smallest absolute Gasteiger partial charge is 0.297 e. The van der Waals surface area contributed by atoms with Gasteiger partial charge in [-0.1, -0.05) is 36.0 Å². The number of hydrogen-bond acceptors (Lipinski definition) is 7. The molecule has 0 saturated carbocycles. The molecule has 0 saturated heterocycles. The third kappa shape index (κ3) is 6.04. The van der Waals surface area contributed by atoms with Crippen LogP contribution in [-0.2, 0) is 22.6 Å². The number of amides is 1. The Hall–Kier alpha value is -3.30. The van der Waals surface area contributed by atoms with E-state index in [1.54, 1.807) is 11.7 Å². The second-order valence-corrected chi connectivity index (χ2v) is 9.26. The van der Waals surface area contributed by atoms with Crippen molar-refractivity contribution in [2.75, 3.05) is 19.5 Å². The van der Waals surface area contributed by atoms with Gasteiger partial charge in [-0.2, -0.15) is 0 Å². The van der Waals surface area contributed by atoms with Crippen LogP contribution in [0.15, 0.2) is 62.9 Å². The van der Waals surface area contributed by atoms with Crippen molar-refractivity contribution in [1.29, 1.82) is 0 Å². The van der Waals surface area contributed by atoms with Crippen LogP contribution in [0.5, 0.6) is 5.75 Å². The molecule has 0 aliphatic rings. The van der Waals surface area contributed by atoms with Crippen LogP contribution in [0.2, 0.25) is 0 Å². The molecule has 0 unspecified atom stereocenters. The Bertz CT molecular complexity index is 1380. The molecule has 0 aliphatic heterocycles. The summed E-state index contributed by atoms with van der Waals surface area (Å²) < 4.78 is 18.3. The molecule has 184 valence electrons. The molecule has 0 bridgehead atoms. The fourth-order valence-electron chi connectivity index (χ4n) is 3.67. The molecular formula is C26H29N3O5S. The molecule has 2 aromatic heterocycles. The summed E-state index contributed by atoms with van der Waals surface area (Å²) in [4.78, 5) is 30.7. The van der Waals surface area contributed by atoms with Gasteiger partial charge in [-0.25, -0.2) is 4.98 Å². The van der Waals surface area contributed by atoms with Crippen molar-refractivity contribution < 1.29 is 18.7 Å². The zero-order chi connectivity index (χ0) is 24.8. The molecule has 35 heavy (non-hydrogen) atoms. The molecule has 2 heterocycles. The number of ether oxygens (including phenoxy) is 2. The van der Waals surface area contributed by atoms with Gasteiger partial charge in [0.2, 0.25) is 11.5 Å². The highest BCUT2D eigenvalue weighted by atomic mass is 32.2. The molecule has 0 spiro atoms. The van der Waals surface area contributed by atoms with Gasteiger partial charge in [-0.15, -0.1) is 0 Å². The molecule has 1 amide bonds. The van der Waals surface area contributed by atoms with Crippen molar-refractivity contribution in [1.82, 2.24) is 14.9 Å². The van der Waals surface area contributed by atoms with Crippen LogP contribution in [0.3, 0.4) is 0 Å². The number of furan rings is 1. The first-order chi connectivity index (χ1) is 17.0. The minimum atomic E-state index is -0.255. The predicted molar refractivity (Wildman–Crippen MR) is 137 cm³/mol. The van der Waals surface area contributed by atoms with Gasteiger partial charge in [0.05, 0.1) is 19.0 Å². The molecule has 0 aliphatic carbocycles. The van der Waals surface area contributed by atoms with Crippen molar-refractivity contribution in [3.63, 3.8) is 0 Å². The number of methoxy groups -OCH3 is 1. The van der Waals surface area contributed by atoms with Crippen molar-refractivity contribution in [3.05, 3.63) is 64.4 Å². The van der Waals surface area contributed by atoms with Crippen LogP contribution in [0.4, 0.5) is 0 Å². The van der Waals surface area contributed by atoms with Gasteiger partial charge in [0, 0.05) is 25.1 Å². The number of benzene rings is 2. The van der Waals surface area contributed by atoms with Crippen LogP contribution in [-0.4, -0.2) is 41.0 Å². The molecule has 2 aromatic carbocycles. The number of rotatable bonds is 11. The summed E-state index contributed by atoms with van der Waals surface area (Å²) in [6, 6.07) is 15.0. The van der Waals surface area contributed by atoms with E-state index in [-0.39, 0.29) is 28.9 Å². The zero-order valence-electron chi connectivity index (χ0n) is 20.1. The second-order valence-electron chi connectivity index (χ2n) is 8.32. The highest BCUT2D eigenvalue weighted by molar-refractivity contribution is 7.99. The molecule has 0 atom stereocenters. The molecular weight excluding hydrogens is 466 g/mol. The highest BCUT2D eigenvalue weighted by Crippen LogP contribution is 2.27. The Morgan fingerprint density at radius 1 is 1.20 bits per heavy atom. The summed E-state index contributed by atoms with van der Waals surface area (Å²) in [5, 5.41) is 4.17. The van der Waals surface area contributed by atoms with Crippen LogP contribution in [0, 0.1) is 0 Å². The third-order valence-electron chi connectivity index (χ3n) is 5.38. The lowest BCUT2D eigenvalue weighted by atomic mass is 10.2. The lowest BCUT2D eigenvalue weighted by Crippen LogP contribution is -2.27. The molecule has 0 fully saturated rings. The second kappa shape index (κ2) is 11.4. The van der Waals surface area contributed by atoms with Gasteiger partial charge in [0.25, 0.3) is 5.56 Å². The molecule has 0 radical (unpaired) electrons. The molecule has 4 aromatic rings. The van der Waals surface area contributed by atoms with E-state index < -0.39 is 0 Å². The fraction of sp³-hybridized carbons (Fsp3) is 0.346. The largest absolute Gasteiger partial charge is 0.497 e. The number of fused-ring (bicyclic) bond motifs is 3. The quantitative estimate of drug-likeness (QED) is 0.187. The summed E-state index contributed by atoms with van der Waals surface area (Å²) in [7, 11) is 1.61. The Labute approximate surface area is 207 Å². The van der Waals surface area contributed by atoms with Crippen LogP contribution in [0.25, 0.3) is 22.1 Å². The summed E-state index contributed by atoms with van der Waals surface area (Å²) in [5.74, 6) is 0.709. The Kier molecular flexibility index (Phi) is 8.09. The topological polar surface area (TPSA) is 95.6 Å². The lowest BCUT2D eigenvalue weighted by molar-refractivity contribution is -0.118. The van der Waals surface area contributed by atoms with Gasteiger partial charge < -0.3 is 19.2 Å². The standard InChI is InChI=1S/C26H29N3O5S/c1-17(2)33-13-7-12-29-25(31)24-23(20-10-4-5-11-21(20)34-24)28-26(29)35-16-22(30)27-15-18-8-6-9-19(14-18)32-3/h4-6,8-11,14,17H,7,12-13,15-16H2,1-3H3,(H,27,30). The maximum Gasteiger partial charge on any atom is 0.297 e. The van der Waals surface area contributed by atoms with Gasteiger partial charge in [0.15, 0.2) is 5.16 Å². The number of thioether (sulfide) groups is 1.